The minimum Gasteiger partial charge on any atom is -0.435 e. The average molecular weight is 300 g/mol. The molecule has 0 saturated carbocycles. The SMILES string of the molecule is CC(C)NC(=O)[C@H](C)N(C)Cc1ccc(OC(F)F)cc1. The van der Waals surface area contributed by atoms with E-state index >= 15 is 0 Å². The molecule has 0 fully saturated rings. The van der Waals surface area contributed by atoms with E-state index in [9.17, 15) is 13.6 Å². The number of nitrogens with zero attached hydrogens (tertiary/aromatic N) is 1. The van der Waals surface area contributed by atoms with Crippen LogP contribution in [0.5, 0.6) is 5.75 Å². The zero-order valence-corrected chi connectivity index (χ0v) is 12.8. The predicted octanol–water partition coefficient (Wildman–Crippen LogP) is 2.63. The summed E-state index contributed by atoms with van der Waals surface area (Å²) in [7, 11) is 1.84. The molecular formula is C15H22F2N2O2. The summed E-state index contributed by atoms with van der Waals surface area (Å²) in [5, 5.41) is 2.86. The number of ether oxygens (including phenoxy) is 1. The molecule has 0 bridgehead atoms. The van der Waals surface area contributed by atoms with Crippen LogP contribution in [0.15, 0.2) is 24.3 Å². The first-order valence-electron chi connectivity index (χ1n) is 6.84. The lowest BCUT2D eigenvalue weighted by Crippen LogP contribution is -2.45. The molecule has 0 aliphatic heterocycles. The van der Waals surface area contributed by atoms with E-state index in [4.69, 9.17) is 0 Å². The summed E-state index contributed by atoms with van der Waals surface area (Å²) < 4.78 is 28.4. The van der Waals surface area contributed by atoms with E-state index in [0.717, 1.165) is 5.56 Å². The Hall–Kier alpha value is -1.69. The first-order chi connectivity index (χ1) is 9.79. The smallest absolute Gasteiger partial charge is 0.387 e. The second-order valence-corrected chi connectivity index (χ2v) is 5.28. The maximum atomic E-state index is 12.1. The van der Waals surface area contributed by atoms with Crippen LogP contribution in [0.4, 0.5) is 8.78 Å². The van der Waals surface area contributed by atoms with Crippen LogP contribution in [-0.2, 0) is 11.3 Å². The maximum absolute atomic E-state index is 12.1. The molecule has 6 heteroatoms. The van der Waals surface area contributed by atoms with E-state index in [1.165, 1.54) is 12.1 Å². The summed E-state index contributed by atoms with van der Waals surface area (Å²) in [4.78, 5) is 13.8. The highest BCUT2D eigenvalue weighted by atomic mass is 19.3. The fourth-order valence-corrected chi connectivity index (χ4v) is 1.81. The van der Waals surface area contributed by atoms with Crippen LogP contribution in [0.1, 0.15) is 26.3 Å². The van der Waals surface area contributed by atoms with Gasteiger partial charge in [0.15, 0.2) is 0 Å². The van der Waals surface area contributed by atoms with Gasteiger partial charge in [0.05, 0.1) is 6.04 Å². The van der Waals surface area contributed by atoms with Crippen LogP contribution in [0.25, 0.3) is 0 Å². The molecule has 1 atom stereocenters. The Bertz CT molecular complexity index is 449. The first-order valence-corrected chi connectivity index (χ1v) is 6.84. The quantitative estimate of drug-likeness (QED) is 0.841. The van der Waals surface area contributed by atoms with E-state index in [2.05, 4.69) is 10.1 Å². The van der Waals surface area contributed by atoms with Crippen molar-refractivity contribution in [3.63, 3.8) is 0 Å². The molecule has 1 aromatic rings. The van der Waals surface area contributed by atoms with Crippen molar-refractivity contribution in [2.45, 2.75) is 46.0 Å². The highest BCUT2D eigenvalue weighted by molar-refractivity contribution is 5.81. The van der Waals surface area contributed by atoms with E-state index in [0.29, 0.717) is 6.54 Å². The zero-order chi connectivity index (χ0) is 16.0. The van der Waals surface area contributed by atoms with Crippen molar-refractivity contribution >= 4 is 5.91 Å². The summed E-state index contributed by atoms with van der Waals surface area (Å²) in [6.45, 7) is 3.37. The van der Waals surface area contributed by atoms with Gasteiger partial charge in [0, 0.05) is 12.6 Å². The van der Waals surface area contributed by atoms with E-state index in [1.54, 1.807) is 12.1 Å². The molecule has 0 aliphatic rings. The van der Waals surface area contributed by atoms with Crippen LogP contribution in [0.3, 0.4) is 0 Å². The Morgan fingerprint density at radius 1 is 1.24 bits per heavy atom. The fraction of sp³-hybridized carbons (Fsp3) is 0.533. The number of hydrogen-bond donors (Lipinski definition) is 1. The van der Waals surface area contributed by atoms with Gasteiger partial charge in [-0.2, -0.15) is 8.78 Å². The molecule has 0 aromatic heterocycles. The minimum absolute atomic E-state index is 0.0369. The number of carbonyl (C=O) groups excluding carboxylic acids is 1. The van der Waals surface area contributed by atoms with Crippen molar-refractivity contribution in [2.24, 2.45) is 0 Å². The van der Waals surface area contributed by atoms with Gasteiger partial charge in [-0.1, -0.05) is 12.1 Å². The van der Waals surface area contributed by atoms with Crippen molar-refractivity contribution in [1.82, 2.24) is 10.2 Å². The molecule has 1 aromatic carbocycles. The predicted molar refractivity (Wildman–Crippen MR) is 77.3 cm³/mol. The molecule has 0 aliphatic carbocycles. The van der Waals surface area contributed by atoms with Gasteiger partial charge < -0.3 is 10.1 Å². The van der Waals surface area contributed by atoms with Gasteiger partial charge in [0.2, 0.25) is 5.91 Å². The number of carbonyl (C=O) groups is 1. The molecule has 0 spiro atoms. The third-order valence-corrected chi connectivity index (χ3v) is 3.05. The minimum atomic E-state index is -2.82. The van der Waals surface area contributed by atoms with E-state index < -0.39 is 6.61 Å². The fourth-order valence-electron chi connectivity index (χ4n) is 1.81. The average Bonchev–Trinajstić information content (AvgIpc) is 2.38. The third-order valence-electron chi connectivity index (χ3n) is 3.05. The van der Waals surface area contributed by atoms with Crippen LogP contribution < -0.4 is 10.1 Å². The number of rotatable bonds is 7. The highest BCUT2D eigenvalue weighted by Crippen LogP contribution is 2.16. The van der Waals surface area contributed by atoms with Crippen LogP contribution in [0.2, 0.25) is 0 Å². The highest BCUT2D eigenvalue weighted by Gasteiger charge is 2.18. The second kappa shape index (κ2) is 7.93. The van der Waals surface area contributed by atoms with Gasteiger partial charge in [-0.15, -0.1) is 0 Å². The standard InChI is InChI=1S/C15H22F2N2O2/c1-10(2)18-14(20)11(3)19(4)9-12-5-7-13(8-6-12)21-15(16)17/h5-8,10-11,15H,9H2,1-4H3,(H,18,20)/t11-/m0/s1. The van der Waals surface area contributed by atoms with Crippen molar-refractivity contribution in [1.29, 1.82) is 0 Å². The lowest BCUT2D eigenvalue weighted by molar-refractivity contribution is -0.126. The van der Waals surface area contributed by atoms with Gasteiger partial charge in [-0.25, -0.2) is 0 Å². The summed E-state index contributed by atoms with van der Waals surface area (Å²) in [5.74, 6) is 0.0900. The summed E-state index contributed by atoms with van der Waals surface area (Å²) in [5.41, 5.74) is 0.920. The van der Waals surface area contributed by atoms with Crippen LogP contribution in [-0.4, -0.2) is 36.5 Å². The normalized spacial score (nSPS) is 12.8. The molecular weight excluding hydrogens is 278 g/mol. The molecule has 118 valence electrons. The molecule has 4 nitrogen and oxygen atoms in total. The van der Waals surface area contributed by atoms with Gasteiger partial charge in [-0.05, 0) is 45.5 Å². The Balaban J connectivity index is 2.57. The van der Waals surface area contributed by atoms with Crippen LogP contribution in [0, 0.1) is 0 Å². The second-order valence-electron chi connectivity index (χ2n) is 5.28. The van der Waals surface area contributed by atoms with Gasteiger partial charge in [0.1, 0.15) is 5.75 Å². The summed E-state index contributed by atoms with van der Waals surface area (Å²) >= 11 is 0. The number of hydrogen-bond acceptors (Lipinski definition) is 3. The van der Waals surface area contributed by atoms with Crippen molar-refractivity contribution in [3.8, 4) is 5.75 Å². The van der Waals surface area contributed by atoms with E-state index in [-0.39, 0.29) is 23.7 Å². The molecule has 1 N–H and O–H groups in total. The first kappa shape index (κ1) is 17.4. The van der Waals surface area contributed by atoms with Crippen LogP contribution >= 0.6 is 0 Å². The Morgan fingerprint density at radius 2 is 1.81 bits per heavy atom. The maximum Gasteiger partial charge on any atom is 0.387 e. The van der Waals surface area contributed by atoms with Crippen molar-refractivity contribution in [2.75, 3.05) is 7.05 Å². The lowest BCUT2D eigenvalue weighted by Gasteiger charge is -2.25. The molecule has 0 saturated heterocycles. The topological polar surface area (TPSA) is 41.6 Å². The summed E-state index contributed by atoms with van der Waals surface area (Å²) in [6.07, 6.45) is 0. The lowest BCUT2D eigenvalue weighted by atomic mass is 10.1. The number of benzene rings is 1. The molecule has 0 unspecified atom stereocenters. The Kier molecular flexibility index (Phi) is 6.55. The van der Waals surface area contributed by atoms with Gasteiger partial charge >= 0.3 is 6.61 Å². The molecule has 0 radical (unpaired) electrons. The number of likely N-dealkylation sites (N-methyl/N-ethyl adjacent to an activating group) is 1. The van der Waals surface area contributed by atoms with E-state index in [1.807, 2.05) is 32.7 Å². The number of amides is 1. The molecule has 21 heavy (non-hydrogen) atoms. The van der Waals surface area contributed by atoms with Gasteiger partial charge in [0.25, 0.3) is 0 Å². The largest absolute Gasteiger partial charge is 0.435 e. The zero-order valence-electron chi connectivity index (χ0n) is 12.8. The van der Waals surface area contributed by atoms with Gasteiger partial charge in [-0.3, -0.25) is 9.69 Å². The monoisotopic (exact) mass is 300 g/mol. The summed E-state index contributed by atoms with van der Waals surface area (Å²) in [6, 6.07) is 6.23. The molecule has 1 rings (SSSR count). The third kappa shape index (κ3) is 6.08. The molecule has 0 heterocycles. The van der Waals surface area contributed by atoms with Crippen molar-refractivity contribution in [3.05, 3.63) is 29.8 Å². The number of halogens is 2. The Morgan fingerprint density at radius 3 is 2.29 bits per heavy atom. The van der Waals surface area contributed by atoms with Crippen molar-refractivity contribution < 1.29 is 18.3 Å². The molecule has 1 amide bonds. The Labute approximate surface area is 124 Å². The number of nitrogens with one attached hydrogen (secondary N) is 1. The number of alkyl halides is 2.